The van der Waals surface area contributed by atoms with Crippen LogP contribution in [0.5, 0.6) is 5.75 Å². The number of ether oxygens (including phenoxy) is 1. The van der Waals surface area contributed by atoms with Gasteiger partial charge in [-0.1, -0.05) is 6.92 Å². The van der Waals surface area contributed by atoms with E-state index in [2.05, 4.69) is 18.8 Å². The highest BCUT2D eigenvalue weighted by Crippen LogP contribution is 2.38. The molecule has 1 saturated carbocycles. The smallest absolute Gasteiger partial charge is 0.128 e. The normalized spacial score (nSPS) is 27.5. The monoisotopic (exact) mass is 267 g/mol. The number of pyridine rings is 1. The Hall–Kier alpha value is -0.760. The summed E-state index contributed by atoms with van der Waals surface area (Å²) in [6.45, 7) is 6.40. The minimum Gasteiger partial charge on any atom is -0.496 e. The van der Waals surface area contributed by atoms with Crippen molar-refractivity contribution in [1.29, 1.82) is 0 Å². The average Bonchev–Trinajstić information content (AvgIpc) is 2.65. The van der Waals surface area contributed by atoms with E-state index in [0.717, 1.165) is 24.2 Å². The number of methoxy groups -OCH3 is 1. The van der Waals surface area contributed by atoms with E-state index in [1.165, 1.54) is 17.7 Å². The molecule has 1 aliphatic carbocycles. The molecule has 2 rings (SSSR count). The lowest BCUT2D eigenvalue weighted by Crippen LogP contribution is -2.15. The van der Waals surface area contributed by atoms with Crippen molar-refractivity contribution < 1.29 is 4.74 Å². The molecule has 0 saturated heterocycles. The largest absolute Gasteiger partial charge is 0.496 e. The zero-order chi connectivity index (χ0) is 13.3. The first-order valence-corrected chi connectivity index (χ1v) is 7.11. The van der Waals surface area contributed by atoms with Crippen LogP contribution in [-0.2, 0) is 6.42 Å². The van der Waals surface area contributed by atoms with Crippen molar-refractivity contribution in [2.24, 2.45) is 11.8 Å². The van der Waals surface area contributed by atoms with Gasteiger partial charge in [0.25, 0.3) is 0 Å². The first-order chi connectivity index (χ1) is 8.54. The van der Waals surface area contributed by atoms with Gasteiger partial charge in [0.05, 0.1) is 7.11 Å². The van der Waals surface area contributed by atoms with Crippen LogP contribution in [0.1, 0.15) is 36.6 Å². The molecule has 3 unspecified atom stereocenters. The van der Waals surface area contributed by atoms with Crippen molar-refractivity contribution in [3.63, 3.8) is 0 Å². The van der Waals surface area contributed by atoms with E-state index in [0.29, 0.717) is 17.2 Å². The highest BCUT2D eigenvalue weighted by molar-refractivity contribution is 6.20. The van der Waals surface area contributed by atoms with Crippen LogP contribution in [0.4, 0.5) is 0 Å². The molecule has 0 spiro atoms. The van der Waals surface area contributed by atoms with Crippen molar-refractivity contribution in [3.05, 3.63) is 23.0 Å². The van der Waals surface area contributed by atoms with Gasteiger partial charge in [0, 0.05) is 28.4 Å². The van der Waals surface area contributed by atoms with Crippen LogP contribution < -0.4 is 4.74 Å². The molecule has 0 bridgehead atoms. The maximum Gasteiger partial charge on any atom is 0.128 e. The number of nitrogens with zero attached hydrogens (tertiary/aromatic N) is 1. The molecule has 3 atom stereocenters. The van der Waals surface area contributed by atoms with Gasteiger partial charge in [0.1, 0.15) is 5.75 Å². The van der Waals surface area contributed by atoms with E-state index in [9.17, 15) is 0 Å². The molecule has 3 heteroatoms. The second-order valence-electron chi connectivity index (χ2n) is 5.46. The highest BCUT2D eigenvalue weighted by Gasteiger charge is 2.32. The van der Waals surface area contributed by atoms with Crippen LogP contribution in [0.3, 0.4) is 0 Å². The van der Waals surface area contributed by atoms with Crippen LogP contribution in [0.25, 0.3) is 0 Å². The van der Waals surface area contributed by atoms with Crippen LogP contribution in [-0.4, -0.2) is 17.5 Å². The maximum absolute atomic E-state index is 6.30. The molecule has 0 amide bonds. The van der Waals surface area contributed by atoms with Gasteiger partial charge in [0.2, 0.25) is 0 Å². The summed E-state index contributed by atoms with van der Waals surface area (Å²) in [5.41, 5.74) is 3.45. The Morgan fingerprint density at radius 1 is 1.39 bits per heavy atom. The van der Waals surface area contributed by atoms with E-state index in [4.69, 9.17) is 16.3 Å². The number of halogens is 1. The molecule has 1 aromatic rings. The van der Waals surface area contributed by atoms with Crippen molar-refractivity contribution in [3.8, 4) is 5.75 Å². The summed E-state index contributed by atoms with van der Waals surface area (Å²) in [4.78, 5) is 4.59. The molecule has 2 nitrogen and oxygen atoms in total. The van der Waals surface area contributed by atoms with Crippen LogP contribution in [0, 0.1) is 25.7 Å². The maximum atomic E-state index is 6.30. The molecule has 1 fully saturated rings. The minimum atomic E-state index is 0.336. The molecule has 1 aromatic heterocycles. The summed E-state index contributed by atoms with van der Waals surface area (Å²) in [5.74, 6) is 2.22. The fraction of sp³-hybridized carbons (Fsp3) is 0.667. The fourth-order valence-corrected chi connectivity index (χ4v) is 3.34. The molecule has 100 valence electrons. The zero-order valence-corrected chi connectivity index (χ0v) is 12.4. The molecule has 0 aromatic carbocycles. The summed E-state index contributed by atoms with van der Waals surface area (Å²) in [6.07, 6.45) is 5.29. The Balaban J connectivity index is 2.20. The molecule has 0 N–H and O–H groups in total. The summed E-state index contributed by atoms with van der Waals surface area (Å²) in [7, 11) is 1.73. The topological polar surface area (TPSA) is 22.1 Å². The Morgan fingerprint density at radius 3 is 2.67 bits per heavy atom. The second-order valence-corrected chi connectivity index (χ2v) is 6.02. The van der Waals surface area contributed by atoms with Gasteiger partial charge in [-0.05, 0) is 44.9 Å². The third kappa shape index (κ3) is 2.49. The Labute approximate surface area is 115 Å². The molecule has 18 heavy (non-hydrogen) atoms. The molecule has 1 aliphatic rings. The lowest BCUT2D eigenvalue weighted by molar-refractivity contribution is 0.398. The molecular weight excluding hydrogens is 246 g/mol. The van der Waals surface area contributed by atoms with Crippen molar-refractivity contribution in [2.75, 3.05) is 7.11 Å². The van der Waals surface area contributed by atoms with Crippen LogP contribution >= 0.6 is 11.6 Å². The van der Waals surface area contributed by atoms with Crippen molar-refractivity contribution >= 4 is 11.6 Å². The van der Waals surface area contributed by atoms with Crippen molar-refractivity contribution in [2.45, 2.75) is 45.4 Å². The van der Waals surface area contributed by atoms with Gasteiger partial charge >= 0.3 is 0 Å². The number of hydrogen-bond acceptors (Lipinski definition) is 2. The van der Waals surface area contributed by atoms with Gasteiger partial charge in [-0.2, -0.15) is 0 Å². The third-order valence-electron chi connectivity index (χ3n) is 4.33. The van der Waals surface area contributed by atoms with Gasteiger partial charge in [-0.3, -0.25) is 4.98 Å². The molecule has 0 aliphatic heterocycles. The summed E-state index contributed by atoms with van der Waals surface area (Å²) >= 11 is 6.30. The first kappa shape index (κ1) is 13.7. The highest BCUT2D eigenvalue weighted by atomic mass is 35.5. The summed E-state index contributed by atoms with van der Waals surface area (Å²) < 4.78 is 5.46. The number of alkyl halides is 1. The first-order valence-electron chi connectivity index (χ1n) is 6.67. The number of hydrogen-bond donors (Lipinski definition) is 0. The van der Waals surface area contributed by atoms with Gasteiger partial charge in [-0.15, -0.1) is 11.6 Å². The zero-order valence-electron chi connectivity index (χ0n) is 11.7. The van der Waals surface area contributed by atoms with E-state index in [-0.39, 0.29) is 0 Å². The summed E-state index contributed by atoms with van der Waals surface area (Å²) in [5, 5.41) is 0.336. The fourth-order valence-electron chi connectivity index (χ4n) is 3.01. The van der Waals surface area contributed by atoms with E-state index < -0.39 is 0 Å². The Morgan fingerprint density at radius 2 is 2.11 bits per heavy atom. The predicted octanol–water partition coefficient (Wildman–Crippen LogP) is 3.90. The van der Waals surface area contributed by atoms with Crippen LogP contribution in [0.2, 0.25) is 0 Å². The van der Waals surface area contributed by atoms with Gasteiger partial charge < -0.3 is 4.74 Å². The molecular formula is C15H22ClNO. The lowest BCUT2D eigenvalue weighted by Gasteiger charge is -2.19. The van der Waals surface area contributed by atoms with E-state index in [1.807, 2.05) is 13.1 Å². The molecule has 1 heterocycles. The standard InChI is InChI=1S/C15H22ClNO/c1-9-8-17-14(11(3)15(9)18-4)7-12-5-6-13(16)10(12)2/h8,10,12-13H,5-7H2,1-4H3. The second kappa shape index (κ2) is 5.48. The average molecular weight is 268 g/mol. The Kier molecular flexibility index (Phi) is 4.16. The van der Waals surface area contributed by atoms with Gasteiger partial charge in [0.15, 0.2) is 0 Å². The van der Waals surface area contributed by atoms with E-state index in [1.54, 1.807) is 7.11 Å². The van der Waals surface area contributed by atoms with Crippen LogP contribution in [0.15, 0.2) is 6.20 Å². The van der Waals surface area contributed by atoms with Gasteiger partial charge in [-0.25, -0.2) is 0 Å². The van der Waals surface area contributed by atoms with E-state index >= 15 is 0 Å². The SMILES string of the molecule is COc1c(C)cnc(CC2CCC(Cl)C2C)c1C. The summed E-state index contributed by atoms with van der Waals surface area (Å²) in [6, 6.07) is 0. The lowest BCUT2D eigenvalue weighted by atomic mass is 9.91. The third-order valence-corrected chi connectivity index (χ3v) is 4.95. The number of aryl methyl sites for hydroxylation is 1. The van der Waals surface area contributed by atoms with Crippen molar-refractivity contribution in [1.82, 2.24) is 4.98 Å². The predicted molar refractivity (Wildman–Crippen MR) is 75.5 cm³/mol. The minimum absolute atomic E-state index is 0.336. The number of rotatable bonds is 3. The Bertz CT molecular complexity index is 433. The number of aromatic nitrogens is 1. The molecule has 0 radical (unpaired) electrons. The quantitative estimate of drug-likeness (QED) is 0.775.